The molecular formula is C18H24N2O3. The Morgan fingerprint density at radius 3 is 2.87 bits per heavy atom. The molecule has 2 aliphatic rings. The van der Waals surface area contributed by atoms with Gasteiger partial charge in [0.25, 0.3) is 5.91 Å². The summed E-state index contributed by atoms with van der Waals surface area (Å²) in [5.41, 5.74) is 0.752. The van der Waals surface area contributed by atoms with Crippen LogP contribution in [0.3, 0.4) is 0 Å². The topological polar surface area (TPSA) is 58.6 Å². The minimum Gasteiger partial charge on any atom is -0.482 e. The van der Waals surface area contributed by atoms with E-state index in [1.165, 1.54) is 25.7 Å². The van der Waals surface area contributed by atoms with Crippen LogP contribution in [0, 0.1) is 5.92 Å². The van der Waals surface area contributed by atoms with E-state index in [1.807, 2.05) is 24.3 Å². The summed E-state index contributed by atoms with van der Waals surface area (Å²) in [5.74, 6) is 1.40. The van der Waals surface area contributed by atoms with Crippen molar-refractivity contribution in [3.63, 3.8) is 0 Å². The van der Waals surface area contributed by atoms with Gasteiger partial charge >= 0.3 is 0 Å². The summed E-state index contributed by atoms with van der Waals surface area (Å²) in [6, 6.07) is 7.44. The maximum Gasteiger partial charge on any atom is 0.265 e. The molecular weight excluding hydrogens is 292 g/mol. The maximum absolute atomic E-state index is 12.0. The van der Waals surface area contributed by atoms with Crippen molar-refractivity contribution in [1.29, 1.82) is 0 Å². The molecule has 1 aliphatic heterocycles. The Morgan fingerprint density at radius 1 is 1.26 bits per heavy atom. The van der Waals surface area contributed by atoms with Crippen LogP contribution < -0.4 is 15.0 Å². The van der Waals surface area contributed by atoms with Crippen molar-refractivity contribution in [2.45, 2.75) is 38.5 Å². The van der Waals surface area contributed by atoms with Crippen molar-refractivity contribution < 1.29 is 14.3 Å². The highest BCUT2D eigenvalue weighted by molar-refractivity contribution is 5.98. The fourth-order valence-electron chi connectivity index (χ4n) is 3.42. The van der Waals surface area contributed by atoms with Crippen LogP contribution in [0.4, 0.5) is 5.69 Å². The lowest BCUT2D eigenvalue weighted by Crippen LogP contribution is -2.41. The first-order valence-corrected chi connectivity index (χ1v) is 8.53. The minimum absolute atomic E-state index is 0.0137. The van der Waals surface area contributed by atoms with Crippen LogP contribution in [0.15, 0.2) is 24.3 Å². The average Bonchev–Trinajstić information content (AvgIpc) is 3.07. The van der Waals surface area contributed by atoms with Crippen LogP contribution in [-0.2, 0) is 9.59 Å². The lowest BCUT2D eigenvalue weighted by Gasteiger charge is -2.29. The number of anilines is 1. The van der Waals surface area contributed by atoms with Crippen molar-refractivity contribution in [3.05, 3.63) is 24.3 Å². The van der Waals surface area contributed by atoms with Gasteiger partial charge in [0, 0.05) is 19.5 Å². The Kier molecular flexibility index (Phi) is 5.16. The van der Waals surface area contributed by atoms with Gasteiger partial charge in [-0.25, -0.2) is 0 Å². The lowest BCUT2D eigenvalue weighted by molar-refractivity contribution is -0.122. The fraction of sp³-hybridized carbons (Fsp3) is 0.556. The molecule has 0 radical (unpaired) electrons. The molecule has 3 rings (SSSR count). The van der Waals surface area contributed by atoms with Crippen molar-refractivity contribution >= 4 is 17.5 Å². The summed E-state index contributed by atoms with van der Waals surface area (Å²) in [7, 11) is 0. The maximum atomic E-state index is 12.0. The first-order chi connectivity index (χ1) is 11.2. The molecule has 0 unspecified atom stereocenters. The van der Waals surface area contributed by atoms with E-state index in [0.717, 1.165) is 24.6 Å². The third-order valence-electron chi connectivity index (χ3n) is 4.72. The highest BCUT2D eigenvalue weighted by Crippen LogP contribution is 2.31. The first-order valence-electron chi connectivity index (χ1n) is 8.53. The van der Waals surface area contributed by atoms with Crippen LogP contribution in [0.5, 0.6) is 5.75 Å². The van der Waals surface area contributed by atoms with Gasteiger partial charge in [-0.2, -0.15) is 0 Å². The van der Waals surface area contributed by atoms with Gasteiger partial charge < -0.3 is 15.0 Å². The van der Waals surface area contributed by atoms with E-state index in [4.69, 9.17) is 4.74 Å². The van der Waals surface area contributed by atoms with Gasteiger partial charge in [-0.1, -0.05) is 37.8 Å². The van der Waals surface area contributed by atoms with Crippen molar-refractivity contribution in [2.24, 2.45) is 5.92 Å². The lowest BCUT2D eigenvalue weighted by atomic mass is 10.0. The molecule has 0 aromatic heterocycles. The van der Waals surface area contributed by atoms with Crippen molar-refractivity contribution in [1.82, 2.24) is 5.32 Å². The number of ether oxygens (including phenoxy) is 1. The van der Waals surface area contributed by atoms with Gasteiger partial charge in [0.05, 0.1) is 5.69 Å². The first kappa shape index (κ1) is 15.8. The minimum atomic E-state index is -0.0949. The molecule has 0 spiro atoms. The molecule has 1 N–H and O–H groups in total. The molecule has 0 atom stereocenters. The van der Waals surface area contributed by atoms with E-state index in [-0.39, 0.29) is 18.4 Å². The second-order valence-electron chi connectivity index (χ2n) is 6.34. The molecule has 0 bridgehead atoms. The summed E-state index contributed by atoms with van der Waals surface area (Å²) in [5, 5.41) is 2.98. The third kappa shape index (κ3) is 4.03. The smallest absolute Gasteiger partial charge is 0.265 e. The molecule has 1 aliphatic carbocycles. The van der Waals surface area contributed by atoms with Crippen LogP contribution >= 0.6 is 0 Å². The number of hydrogen-bond donors (Lipinski definition) is 1. The summed E-state index contributed by atoms with van der Waals surface area (Å²) >= 11 is 0. The number of benzene rings is 1. The molecule has 1 saturated carbocycles. The second kappa shape index (κ2) is 7.49. The number of para-hydroxylation sites is 2. The van der Waals surface area contributed by atoms with Crippen molar-refractivity contribution in [3.8, 4) is 5.75 Å². The largest absolute Gasteiger partial charge is 0.482 e. The van der Waals surface area contributed by atoms with E-state index < -0.39 is 0 Å². The van der Waals surface area contributed by atoms with E-state index in [2.05, 4.69) is 5.32 Å². The van der Waals surface area contributed by atoms with Gasteiger partial charge in [0.1, 0.15) is 5.75 Å². The number of rotatable bonds is 6. The molecule has 5 heteroatoms. The zero-order valence-corrected chi connectivity index (χ0v) is 13.4. The van der Waals surface area contributed by atoms with E-state index in [9.17, 15) is 9.59 Å². The normalized spacial score (nSPS) is 17.7. The molecule has 0 saturated heterocycles. The number of nitrogens with one attached hydrogen (secondary N) is 1. The molecule has 124 valence electrons. The third-order valence-corrected chi connectivity index (χ3v) is 4.72. The van der Waals surface area contributed by atoms with Crippen LogP contribution in [0.2, 0.25) is 0 Å². The van der Waals surface area contributed by atoms with E-state index in [1.54, 1.807) is 4.90 Å². The fourth-order valence-corrected chi connectivity index (χ4v) is 3.42. The highest BCUT2D eigenvalue weighted by atomic mass is 16.5. The van der Waals surface area contributed by atoms with Gasteiger partial charge in [0.2, 0.25) is 5.91 Å². The number of hydrogen-bond acceptors (Lipinski definition) is 3. The Labute approximate surface area is 137 Å². The molecule has 2 amide bonds. The van der Waals surface area contributed by atoms with Gasteiger partial charge in [-0.3, -0.25) is 9.59 Å². The molecule has 23 heavy (non-hydrogen) atoms. The Hall–Kier alpha value is -2.04. The van der Waals surface area contributed by atoms with E-state index >= 15 is 0 Å². The van der Waals surface area contributed by atoms with Gasteiger partial charge in [0.15, 0.2) is 6.61 Å². The number of nitrogens with zero attached hydrogens (tertiary/aromatic N) is 1. The Bertz CT molecular complexity index is 567. The summed E-state index contributed by atoms with van der Waals surface area (Å²) in [6.07, 6.45) is 6.66. The highest BCUT2D eigenvalue weighted by Gasteiger charge is 2.25. The molecule has 1 aromatic carbocycles. The van der Waals surface area contributed by atoms with E-state index in [0.29, 0.717) is 18.7 Å². The molecule has 1 heterocycles. The second-order valence-corrected chi connectivity index (χ2v) is 6.34. The predicted octanol–water partition coefficient (Wildman–Crippen LogP) is 2.50. The van der Waals surface area contributed by atoms with Crippen LogP contribution in [0.1, 0.15) is 38.5 Å². The van der Waals surface area contributed by atoms with Gasteiger partial charge in [-0.05, 0) is 24.5 Å². The number of amides is 2. The van der Waals surface area contributed by atoms with Gasteiger partial charge in [-0.15, -0.1) is 0 Å². The Morgan fingerprint density at radius 2 is 2.04 bits per heavy atom. The SMILES string of the molecule is O=C(CCN1C(=O)COc2ccccc21)NCCC1CCCC1. The molecule has 1 aromatic rings. The van der Waals surface area contributed by atoms with Crippen LogP contribution in [0.25, 0.3) is 0 Å². The number of fused-ring (bicyclic) bond motifs is 1. The number of carbonyl (C=O) groups excluding carboxylic acids is 2. The van der Waals surface area contributed by atoms with Crippen molar-refractivity contribution in [2.75, 3.05) is 24.6 Å². The standard InChI is InChI=1S/C18H24N2O3/c21-17(19-11-9-14-5-1-2-6-14)10-12-20-15-7-3-4-8-16(15)23-13-18(20)22/h3-4,7-8,14H,1-2,5-6,9-13H2,(H,19,21). The Balaban J connectivity index is 1.45. The summed E-state index contributed by atoms with van der Waals surface area (Å²) < 4.78 is 5.40. The quantitative estimate of drug-likeness (QED) is 0.877. The monoisotopic (exact) mass is 316 g/mol. The molecule has 5 nitrogen and oxygen atoms in total. The average molecular weight is 316 g/mol. The zero-order chi connectivity index (χ0) is 16.1. The molecule has 1 fully saturated rings. The zero-order valence-electron chi connectivity index (χ0n) is 13.4. The van der Waals surface area contributed by atoms with Crippen LogP contribution in [-0.4, -0.2) is 31.5 Å². The summed E-state index contributed by atoms with van der Waals surface area (Å²) in [6.45, 7) is 1.19. The predicted molar refractivity (Wildman–Crippen MR) is 88.5 cm³/mol. The summed E-state index contributed by atoms with van der Waals surface area (Å²) in [4.78, 5) is 25.7. The number of carbonyl (C=O) groups is 2.